The summed E-state index contributed by atoms with van der Waals surface area (Å²) in [5.41, 5.74) is 3.32. The number of fused-ring (bicyclic) bond motifs is 6. The Bertz CT molecular complexity index is 4190. The normalized spacial score (nSPS) is 40.1. The number of Topliss-reactive ketones (excluding diaryl/α,β-unsaturated/α-hetero) is 4. The van der Waals surface area contributed by atoms with Gasteiger partial charge in [0.2, 0.25) is 23.8 Å². The van der Waals surface area contributed by atoms with Gasteiger partial charge in [-0.25, -0.2) is 9.59 Å². The lowest BCUT2D eigenvalue weighted by Crippen LogP contribution is -2.64. The van der Waals surface area contributed by atoms with Crippen LogP contribution >= 0.6 is 0 Å². The number of esters is 2. The largest absolute Gasteiger partial charge is 0.475 e. The number of para-hydroxylation sites is 2. The van der Waals surface area contributed by atoms with Gasteiger partial charge in [-0.15, -0.1) is 0 Å². The average Bonchev–Trinajstić information content (AvgIpc) is 0.764. The Labute approximate surface area is 813 Å². The number of hydrogen-bond acceptors (Lipinski definition) is 20. The number of benzene rings is 2. The lowest BCUT2D eigenvalue weighted by molar-refractivity contribution is -0.312. The minimum absolute atomic E-state index is 0.0371. The van der Waals surface area contributed by atoms with Gasteiger partial charge in [-0.05, 0) is 264 Å². The first-order valence-corrected chi connectivity index (χ1v) is 51.9. The highest BCUT2D eigenvalue weighted by Gasteiger charge is 2.58. The number of aliphatic hydroxyl groups is 6. The predicted molar refractivity (Wildman–Crippen MR) is 532 cm³/mol. The third kappa shape index (κ3) is 31.1. The van der Waals surface area contributed by atoms with Crippen molar-refractivity contribution in [1.82, 2.24) is 9.80 Å². The van der Waals surface area contributed by atoms with Crippen molar-refractivity contribution >= 4 is 46.9 Å². The van der Waals surface area contributed by atoms with Crippen LogP contribution < -0.4 is 9.47 Å². The summed E-state index contributed by atoms with van der Waals surface area (Å²) in [6, 6.07) is 15.9. The standard InChI is InChI=1S/2C57H85NO10/c2*1-35-19-13-11-14-20-36(2)37(3)33-47-26-24-43(9)57(65,68-47)54(66-46-21-15-12-16-22-46)55(63)58-28-18-17-23-48(58)56(64)67-51(40(6)32-45-25-27-49(59)39(5)31-45)34-50(60)38(4)30-42(8)53(62)44(10)52(61)41(7)29-35/h2*11-16,19-22,30,35,37-41,43-45,47-49,51,53-54,59,62,65H,17-18,23-29,31-34H2,1-10H3/b2*14-11+,19-13+,36-20+,42-30+/t35-,37+,38-,39-,40-,41-,43-,44+,45?,47+,48+,49-,51?,53-,54?,57-;35-,37+,38-,39-,40-,41-,43-,44+,45?,47+,48+,49-,51?,53-,54+,57-/m11/s1. The van der Waals surface area contributed by atoms with Crippen LogP contribution in [-0.4, -0.2) is 185 Å². The minimum Gasteiger partial charge on any atom is -0.475 e. The third-order valence-electron chi connectivity index (χ3n) is 31.8. The van der Waals surface area contributed by atoms with Crippen LogP contribution in [0.2, 0.25) is 0 Å². The van der Waals surface area contributed by atoms with Crippen LogP contribution in [-0.2, 0) is 57.3 Å². The molecule has 0 spiro atoms. The van der Waals surface area contributed by atoms with Gasteiger partial charge in [0.15, 0.2) is 0 Å². The third-order valence-corrected chi connectivity index (χ3v) is 31.8. The lowest BCUT2D eigenvalue weighted by Gasteiger charge is -2.47. The average molecular weight is 1890 g/mol. The molecule has 0 aromatic heterocycles. The second-order valence-electron chi connectivity index (χ2n) is 43.3. The summed E-state index contributed by atoms with van der Waals surface area (Å²) in [4.78, 5) is 119. The molecule has 22 heteroatoms. The number of ketones is 4. The van der Waals surface area contributed by atoms with Gasteiger partial charge in [0.1, 0.15) is 58.9 Å². The molecule has 2 saturated carbocycles. The Morgan fingerprint density at radius 2 is 0.772 bits per heavy atom. The molecule has 4 saturated heterocycles. The molecule has 8 aliphatic rings. The van der Waals surface area contributed by atoms with E-state index in [0.29, 0.717) is 138 Å². The van der Waals surface area contributed by atoms with Crippen molar-refractivity contribution in [3.63, 3.8) is 0 Å². The van der Waals surface area contributed by atoms with Crippen molar-refractivity contribution in [3.05, 3.63) is 156 Å². The molecule has 2 amide bonds. The number of hydrogen-bond donors (Lipinski definition) is 6. The highest BCUT2D eigenvalue weighted by atomic mass is 16.7. The number of amides is 2. The predicted octanol–water partition coefficient (Wildman–Crippen LogP) is 19.8. The second-order valence-corrected chi connectivity index (χ2v) is 43.3. The second kappa shape index (κ2) is 52.6. The monoisotopic (exact) mass is 1890 g/mol. The zero-order chi connectivity index (χ0) is 99.7. The highest BCUT2D eigenvalue weighted by Crippen LogP contribution is 2.45. The summed E-state index contributed by atoms with van der Waals surface area (Å²) in [5, 5.41) is 69.4. The quantitative estimate of drug-likeness (QED) is 0.0951. The summed E-state index contributed by atoms with van der Waals surface area (Å²) in [7, 11) is 0. The van der Waals surface area contributed by atoms with E-state index in [9.17, 15) is 59.4 Å². The van der Waals surface area contributed by atoms with Gasteiger partial charge in [0, 0.05) is 73.3 Å². The van der Waals surface area contributed by atoms with E-state index in [4.69, 9.17) is 28.4 Å². The number of ether oxygens (including phenoxy) is 6. The molecule has 2 aromatic rings. The SMILES string of the molecule is C/C1=C\[C@@H](C)C(=O)CC([C@H](C)CC2CC[C@@H](O)[C@H](C)C2)OC(=O)[C@@H]2CCCCN2C(=O)C(Oc2ccccc2)[C@]2(O)O[C@@H](CC[C@H]2C)C[C@H](C)/C(C)=C/C=C/C=C/[C@@H](C)C[C@@H](C)C(=O)[C@H](C)[C@@H]1O.C/C1=C\[C@@H](C)C(=O)CC([C@H](C)CC2CC[C@@H](O)[C@H](C)C2)OC(=O)[C@@H]2CCCCN2C(=O)[C@H](Oc2ccccc2)[C@]2(O)O[C@@H](CC[C@H]2C)C[C@H](C)/C(C)=C/C=C/C=C/[C@@H](C)C[C@@H](C)C(=O)[C@H](C)[C@@H]1O. The van der Waals surface area contributed by atoms with Crippen molar-refractivity contribution in [2.75, 3.05) is 13.1 Å². The summed E-state index contributed by atoms with van der Waals surface area (Å²) >= 11 is 0. The molecule has 2 aromatic carbocycles. The Balaban J connectivity index is 0.000000305. The lowest BCUT2D eigenvalue weighted by atomic mass is 9.75. The van der Waals surface area contributed by atoms with Gasteiger partial charge in [-0.2, -0.15) is 0 Å². The molecular weight excluding hydrogens is 1720 g/mol. The number of rotatable bonds is 10. The van der Waals surface area contributed by atoms with Crippen LogP contribution in [0.15, 0.2) is 156 Å². The Hall–Kier alpha value is -7.80. The van der Waals surface area contributed by atoms with Gasteiger partial charge >= 0.3 is 11.9 Å². The number of cyclic esters (lactones) is 2. The Kier molecular flexibility index (Phi) is 43.3. The Morgan fingerprint density at radius 1 is 0.412 bits per heavy atom. The number of carbonyl (C=O) groups is 8. The topological polar surface area (TPSA) is 320 Å². The molecule has 32 atom stereocenters. The van der Waals surface area contributed by atoms with E-state index >= 15 is 9.59 Å². The van der Waals surface area contributed by atoms with E-state index in [2.05, 4.69) is 79.7 Å². The van der Waals surface area contributed by atoms with Crippen molar-refractivity contribution in [3.8, 4) is 11.5 Å². The van der Waals surface area contributed by atoms with Gasteiger partial charge in [-0.1, -0.05) is 231 Å². The number of piperidine rings is 2. The molecule has 6 aliphatic heterocycles. The summed E-state index contributed by atoms with van der Waals surface area (Å²) in [6.45, 7) is 39.2. The van der Waals surface area contributed by atoms with Crippen LogP contribution in [0, 0.1) is 107 Å². The van der Waals surface area contributed by atoms with Crippen molar-refractivity contribution in [2.45, 2.75) is 377 Å². The van der Waals surface area contributed by atoms with Crippen LogP contribution in [0.5, 0.6) is 11.5 Å². The fourth-order valence-electron chi connectivity index (χ4n) is 22.1. The first-order chi connectivity index (χ1) is 64.4. The molecule has 6 fully saturated rings. The molecule has 4 bridgehead atoms. The van der Waals surface area contributed by atoms with Gasteiger partial charge in [0.25, 0.3) is 11.8 Å². The number of allylic oxidation sites excluding steroid dienone is 14. The van der Waals surface area contributed by atoms with E-state index in [1.807, 2.05) is 90.1 Å². The molecule has 5 unspecified atom stereocenters. The van der Waals surface area contributed by atoms with E-state index < -0.39 is 120 Å². The molecule has 10 rings (SSSR count). The van der Waals surface area contributed by atoms with Gasteiger partial charge in [0.05, 0.1) is 36.6 Å². The molecule has 756 valence electrons. The molecule has 6 N–H and O–H groups in total. The Morgan fingerprint density at radius 3 is 1.12 bits per heavy atom. The summed E-state index contributed by atoms with van der Waals surface area (Å²) < 4.78 is 39.3. The van der Waals surface area contributed by atoms with Crippen molar-refractivity contribution in [1.29, 1.82) is 0 Å². The first-order valence-electron chi connectivity index (χ1n) is 51.9. The fourth-order valence-corrected chi connectivity index (χ4v) is 22.1. The number of nitrogens with zero attached hydrogens (tertiary/aromatic N) is 2. The molecular formula is C114H170N2O20. The number of aliphatic hydroxyl groups excluding tert-OH is 4. The van der Waals surface area contributed by atoms with E-state index in [-0.39, 0.29) is 144 Å². The fraction of sp³-hybridized carbons (Fsp3) is 0.684. The van der Waals surface area contributed by atoms with E-state index in [1.165, 1.54) is 9.80 Å². The molecule has 22 nitrogen and oxygen atoms in total. The molecule has 0 radical (unpaired) electrons. The summed E-state index contributed by atoms with van der Waals surface area (Å²) in [6.07, 6.45) is 29.6. The van der Waals surface area contributed by atoms with Gasteiger partial charge in [-0.3, -0.25) is 28.8 Å². The van der Waals surface area contributed by atoms with Crippen molar-refractivity contribution < 1.29 is 97.4 Å². The molecule has 136 heavy (non-hydrogen) atoms. The molecule has 6 heterocycles. The maximum atomic E-state index is 15.2. The summed E-state index contributed by atoms with van der Waals surface area (Å²) in [5.74, 6) is -9.47. The van der Waals surface area contributed by atoms with Gasteiger partial charge < -0.3 is 68.9 Å². The van der Waals surface area contributed by atoms with Crippen LogP contribution in [0.3, 0.4) is 0 Å². The van der Waals surface area contributed by atoms with Crippen molar-refractivity contribution in [2.24, 2.45) is 107 Å². The highest BCUT2D eigenvalue weighted by molar-refractivity contribution is 5.91. The van der Waals surface area contributed by atoms with Crippen LogP contribution in [0.4, 0.5) is 0 Å². The first kappa shape index (κ1) is 112. The molecule has 2 aliphatic carbocycles. The van der Waals surface area contributed by atoms with E-state index in [0.717, 1.165) is 36.8 Å². The smallest absolute Gasteiger partial charge is 0.329 e. The maximum Gasteiger partial charge on any atom is 0.329 e. The van der Waals surface area contributed by atoms with E-state index in [1.54, 1.807) is 102 Å². The van der Waals surface area contributed by atoms with Crippen LogP contribution in [0.25, 0.3) is 0 Å². The zero-order valence-electron chi connectivity index (χ0n) is 85.7. The maximum absolute atomic E-state index is 15.2. The minimum atomic E-state index is -2.02. The number of carbonyl (C=O) groups excluding carboxylic acids is 8. The van der Waals surface area contributed by atoms with Crippen LogP contribution in [0.1, 0.15) is 293 Å². The zero-order valence-corrected chi connectivity index (χ0v) is 85.7.